The van der Waals surface area contributed by atoms with Gasteiger partial charge in [-0.3, -0.25) is 4.90 Å². The SMILES string of the molecule is CNCN(C)Cc1ccc(C(C)(C)C)cc1C. The normalized spacial score (nSPS) is 12.2. The number of rotatable bonds is 4. The Hall–Kier alpha value is -0.860. The molecule has 0 aromatic heterocycles. The Morgan fingerprint density at radius 1 is 1.24 bits per heavy atom. The van der Waals surface area contributed by atoms with E-state index < -0.39 is 0 Å². The maximum atomic E-state index is 3.17. The van der Waals surface area contributed by atoms with Crippen molar-refractivity contribution in [3.63, 3.8) is 0 Å². The molecule has 2 nitrogen and oxygen atoms in total. The molecule has 0 saturated heterocycles. The Morgan fingerprint density at radius 2 is 1.88 bits per heavy atom. The summed E-state index contributed by atoms with van der Waals surface area (Å²) in [7, 11) is 4.11. The van der Waals surface area contributed by atoms with E-state index in [9.17, 15) is 0 Å². The highest BCUT2D eigenvalue weighted by atomic mass is 15.2. The fourth-order valence-electron chi connectivity index (χ4n) is 1.96. The van der Waals surface area contributed by atoms with E-state index in [4.69, 9.17) is 0 Å². The van der Waals surface area contributed by atoms with Gasteiger partial charge in [0.1, 0.15) is 0 Å². The lowest BCUT2D eigenvalue weighted by Gasteiger charge is -2.22. The van der Waals surface area contributed by atoms with Crippen molar-refractivity contribution in [3.05, 3.63) is 34.9 Å². The molecule has 1 aromatic carbocycles. The van der Waals surface area contributed by atoms with E-state index in [0.717, 1.165) is 13.2 Å². The molecular weight excluding hydrogens is 208 g/mol. The molecule has 0 heterocycles. The molecule has 0 aliphatic carbocycles. The topological polar surface area (TPSA) is 15.3 Å². The van der Waals surface area contributed by atoms with Gasteiger partial charge >= 0.3 is 0 Å². The molecule has 17 heavy (non-hydrogen) atoms. The molecule has 96 valence electrons. The van der Waals surface area contributed by atoms with Crippen LogP contribution in [0.4, 0.5) is 0 Å². The van der Waals surface area contributed by atoms with Crippen molar-refractivity contribution in [1.29, 1.82) is 0 Å². The molecular formula is C15H26N2. The van der Waals surface area contributed by atoms with Crippen LogP contribution in [-0.4, -0.2) is 25.7 Å². The van der Waals surface area contributed by atoms with Crippen LogP contribution in [-0.2, 0) is 12.0 Å². The van der Waals surface area contributed by atoms with Crippen LogP contribution in [0.15, 0.2) is 18.2 Å². The highest BCUT2D eigenvalue weighted by Crippen LogP contribution is 2.24. The van der Waals surface area contributed by atoms with Crippen LogP contribution < -0.4 is 5.32 Å². The summed E-state index contributed by atoms with van der Waals surface area (Å²) < 4.78 is 0. The molecule has 0 bridgehead atoms. The highest BCUT2D eigenvalue weighted by Gasteiger charge is 2.14. The molecule has 0 fully saturated rings. The average molecular weight is 234 g/mol. The zero-order valence-corrected chi connectivity index (χ0v) is 12.1. The zero-order valence-electron chi connectivity index (χ0n) is 12.1. The number of benzene rings is 1. The monoisotopic (exact) mass is 234 g/mol. The summed E-state index contributed by atoms with van der Waals surface area (Å²) in [5.74, 6) is 0. The minimum Gasteiger partial charge on any atom is -0.307 e. The quantitative estimate of drug-likeness (QED) is 0.806. The maximum absolute atomic E-state index is 3.17. The van der Waals surface area contributed by atoms with Crippen molar-refractivity contribution < 1.29 is 0 Å². The van der Waals surface area contributed by atoms with Crippen molar-refractivity contribution in [2.45, 2.75) is 39.7 Å². The van der Waals surface area contributed by atoms with Gasteiger partial charge in [0.15, 0.2) is 0 Å². The standard InChI is InChI=1S/C15H26N2/c1-12-9-14(15(2,3)4)8-7-13(12)10-17(6)11-16-5/h7-9,16H,10-11H2,1-6H3. The molecule has 0 amide bonds. The van der Waals surface area contributed by atoms with E-state index in [-0.39, 0.29) is 5.41 Å². The largest absolute Gasteiger partial charge is 0.307 e. The van der Waals surface area contributed by atoms with E-state index in [0.29, 0.717) is 0 Å². The number of hydrogen-bond acceptors (Lipinski definition) is 2. The second-order valence-electron chi connectivity index (χ2n) is 5.92. The Morgan fingerprint density at radius 3 is 2.35 bits per heavy atom. The average Bonchev–Trinajstić information content (AvgIpc) is 2.20. The molecule has 2 heteroatoms. The molecule has 1 rings (SSSR count). The van der Waals surface area contributed by atoms with Crippen LogP contribution in [0, 0.1) is 6.92 Å². The van der Waals surface area contributed by atoms with Gasteiger partial charge in [-0.25, -0.2) is 0 Å². The van der Waals surface area contributed by atoms with Gasteiger partial charge in [0.25, 0.3) is 0 Å². The number of aryl methyl sites for hydroxylation is 1. The van der Waals surface area contributed by atoms with Crippen LogP contribution in [0.2, 0.25) is 0 Å². The summed E-state index contributed by atoms with van der Waals surface area (Å²) in [4.78, 5) is 2.28. The fraction of sp³-hybridized carbons (Fsp3) is 0.600. The lowest BCUT2D eigenvalue weighted by atomic mass is 9.85. The Balaban J connectivity index is 2.83. The van der Waals surface area contributed by atoms with Crippen LogP contribution in [0.1, 0.15) is 37.5 Å². The van der Waals surface area contributed by atoms with Crippen LogP contribution >= 0.6 is 0 Å². The molecule has 0 saturated carbocycles. The minimum absolute atomic E-state index is 0.236. The second-order valence-corrected chi connectivity index (χ2v) is 5.92. The van der Waals surface area contributed by atoms with Crippen molar-refractivity contribution in [2.24, 2.45) is 0 Å². The van der Waals surface area contributed by atoms with E-state index in [1.54, 1.807) is 0 Å². The third-order valence-electron chi connectivity index (χ3n) is 3.08. The first-order valence-electron chi connectivity index (χ1n) is 6.27. The summed E-state index contributed by atoms with van der Waals surface area (Å²) >= 11 is 0. The van der Waals surface area contributed by atoms with Gasteiger partial charge in [-0.2, -0.15) is 0 Å². The summed E-state index contributed by atoms with van der Waals surface area (Å²) in [6.07, 6.45) is 0. The first kappa shape index (κ1) is 14.2. The van der Waals surface area contributed by atoms with E-state index in [2.05, 4.69) is 63.2 Å². The van der Waals surface area contributed by atoms with E-state index in [1.807, 2.05) is 7.05 Å². The second kappa shape index (κ2) is 5.65. The third kappa shape index (κ3) is 4.14. The van der Waals surface area contributed by atoms with Crippen LogP contribution in [0.3, 0.4) is 0 Å². The van der Waals surface area contributed by atoms with Crippen LogP contribution in [0.25, 0.3) is 0 Å². The maximum Gasteiger partial charge on any atom is 0.0478 e. The summed E-state index contributed by atoms with van der Waals surface area (Å²) in [6, 6.07) is 6.85. The fourth-order valence-corrected chi connectivity index (χ4v) is 1.96. The molecule has 0 aliphatic rings. The van der Waals surface area contributed by atoms with Crippen molar-refractivity contribution >= 4 is 0 Å². The first-order chi connectivity index (χ1) is 7.84. The molecule has 0 aliphatic heterocycles. The first-order valence-corrected chi connectivity index (χ1v) is 6.27. The number of nitrogens with one attached hydrogen (secondary N) is 1. The smallest absolute Gasteiger partial charge is 0.0478 e. The number of hydrogen-bond donors (Lipinski definition) is 1. The summed E-state index contributed by atoms with van der Waals surface area (Å²) in [5, 5.41) is 3.17. The van der Waals surface area contributed by atoms with Gasteiger partial charge in [-0.1, -0.05) is 39.0 Å². The van der Waals surface area contributed by atoms with Crippen molar-refractivity contribution in [3.8, 4) is 0 Å². The molecule has 1 aromatic rings. The summed E-state index contributed by atoms with van der Waals surface area (Å²) in [5.41, 5.74) is 4.45. The zero-order chi connectivity index (χ0) is 13.1. The van der Waals surface area contributed by atoms with Crippen molar-refractivity contribution in [1.82, 2.24) is 10.2 Å². The molecule has 0 spiro atoms. The molecule has 1 N–H and O–H groups in total. The summed E-state index contributed by atoms with van der Waals surface area (Å²) in [6.45, 7) is 10.9. The van der Waals surface area contributed by atoms with E-state index >= 15 is 0 Å². The van der Waals surface area contributed by atoms with Gasteiger partial charge in [0.05, 0.1) is 0 Å². The van der Waals surface area contributed by atoms with Gasteiger partial charge in [0, 0.05) is 13.2 Å². The molecule has 0 unspecified atom stereocenters. The van der Waals surface area contributed by atoms with Gasteiger partial charge in [-0.05, 0) is 43.1 Å². The van der Waals surface area contributed by atoms with Gasteiger partial charge < -0.3 is 5.32 Å². The van der Waals surface area contributed by atoms with E-state index in [1.165, 1.54) is 16.7 Å². The molecule has 0 radical (unpaired) electrons. The van der Waals surface area contributed by atoms with Crippen LogP contribution in [0.5, 0.6) is 0 Å². The number of nitrogens with zero attached hydrogens (tertiary/aromatic N) is 1. The Kier molecular flexibility index (Phi) is 4.72. The van der Waals surface area contributed by atoms with Gasteiger partial charge in [0.2, 0.25) is 0 Å². The minimum atomic E-state index is 0.236. The lowest BCUT2D eigenvalue weighted by Crippen LogP contribution is -2.28. The predicted octanol–water partition coefficient (Wildman–Crippen LogP) is 2.90. The predicted molar refractivity (Wildman–Crippen MR) is 75.3 cm³/mol. The van der Waals surface area contributed by atoms with Gasteiger partial charge in [-0.15, -0.1) is 0 Å². The molecule has 0 atom stereocenters. The third-order valence-corrected chi connectivity index (χ3v) is 3.08. The Bertz CT molecular complexity index is 364. The highest BCUT2D eigenvalue weighted by molar-refractivity contribution is 5.34. The van der Waals surface area contributed by atoms with Crippen molar-refractivity contribution in [2.75, 3.05) is 20.8 Å². The lowest BCUT2D eigenvalue weighted by molar-refractivity contribution is 0.309. The Labute approximate surface area is 106 Å².